The van der Waals surface area contributed by atoms with Crippen LogP contribution in [0.25, 0.3) is 0 Å². The van der Waals surface area contributed by atoms with Gasteiger partial charge < -0.3 is 4.74 Å². The Hall–Kier alpha value is -1.28. The second-order valence-corrected chi connectivity index (χ2v) is 4.81. The molecule has 0 spiro atoms. The van der Waals surface area contributed by atoms with Crippen LogP contribution in [0, 0.1) is 0 Å². The SMILES string of the molecule is CCOc1ccccc1COS(=O)(=O)C(F)(F)F. The van der Waals surface area contributed by atoms with Crippen LogP contribution in [0.1, 0.15) is 12.5 Å². The maximum Gasteiger partial charge on any atom is 0.523 e. The predicted molar refractivity (Wildman–Crippen MR) is 57.4 cm³/mol. The molecule has 0 saturated heterocycles. The Balaban J connectivity index is 2.81. The van der Waals surface area contributed by atoms with Crippen LogP contribution in [0.3, 0.4) is 0 Å². The first kappa shape index (κ1) is 14.8. The molecule has 1 aromatic carbocycles. The number of benzene rings is 1. The van der Waals surface area contributed by atoms with Crippen LogP contribution in [-0.4, -0.2) is 20.5 Å². The molecule has 0 fully saturated rings. The van der Waals surface area contributed by atoms with Crippen molar-refractivity contribution in [3.8, 4) is 5.75 Å². The van der Waals surface area contributed by atoms with Crippen molar-refractivity contribution in [3.05, 3.63) is 29.8 Å². The fraction of sp³-hybridized carbons (Fsp3) is 0.400. The molecule has 0 radical (unpaired) electrons. The van der Waals surface area contributed by atoms with Crippen LogP contribution in [0.2, 0.25) is 0 Å². The van der Waals surface area contributed by atoms with Gasteiger partial charge in [-0.2, -0.15) is 21.6 Å². The summed E-state index contributed by atoms with van der Waals surface area (Å²) in [7, 11) is -5.58. The summed E-state index contributed by atoms with van der Waals surface area (Å²) >= 11 is 0. The lowest BCUT2D eigenvalue weighted by atomic mass is 10.2. The number of ether oxygens (including phenoxy) is 1. The van der Waals surface area contributed by atoms with E-state index in [4.69, 9.17) is 4.74 Å². The number of rotatable bonds is 5. The number of halogens is 3. The van der Waals surface area contributed by atoms with E-state index in [0.717, 1.165) is 0 Å². The standard InChI is InChI=1S/C10H11F3O4S/c1-2-16-9-6-4-3-5-8(9)7-17-18(14,15)10(11,12)13/h3-6H,2,7H2,1H3. The minimum Gasteiger partial charge on any atom is -0.494 e. The summed E-state index contributed by atoms with van der Waals surface area (Å²) in [6, 6.07) is 6.10. The molecule has 0 amide bonds. The van der Waals surface area contributed by atoms with E-state index in [2.05, 4.69) is 4.18 Å². The molecule has 1 rings (SSSR count). The molecule has 0 atom stereocenters. The third kappa shape index (κ3) is 3.61. The molecule has 0 unspecified atom stereocenters. The molecule has 1 aromatic rings. The molecule has 18 heavy (non-hydrogen) atoms. The summed E-state index contributed by atoms with van der Waals surface area (Å²) in [6.45, 7) is 1.28. The first-order chi connectivity index (χ1) is 8.28. The average Bonchev–Trinajstić information content (AvgIpc) is 2.27. The normalized spacial score (nSPS) is 12.4. The fourth-order valence-electron chi connectivity index (χ4n) is 1.13. The Kier molecular flexibility index (Phi) is 4.58. The monoisotopic (exact) mass is 284 g/mol. The summed E-state index contributed by atoms with van der Waals surface area (Å²) in [4.78, 5) is 0. The number of alkyl halides is 3. The third-order valence-electron chi connectivity index (χ3n) is 1.93. The molecule has 0 bridgehead atoms. The van der Waals surface area contributed by atoms with Crippen LogP contribution in [0.15, 0.2) is 24.3 Å². The Labute approximate surface area is 102 Å². The summed E-state index contributed by atoms with van der Waals surface area (Å²) < 4.78 is 66.6. The van der Waals surface area contributed by atoms with Crippen LogP contribution in [0.4, 0.5) is 13.2 Å². The third-order valence-corrected chi connectivity index (χ3v) is 2.92. The molecule has 102 valence electrons. The molecule has 0 aliphatic heterocycles. The van der Waals surface area contributed by atoms with Gasteiger partial charge in [-0.1, -0.05) is 18.2 Å². The highest BCUT2D eigenvalue weighted by Crippen LogP contribution is 2.27. The van der Waals surface area contributed by atoms with Gasteiger partial charge >= 0.3 is 15.6 Å². The minimum absolute atomic E-state index is 0.229. The second-order valence-electron chi connectivity index (χ2n) is 3.20. The largest absolute Gasteiger partial charge is 0.523 e. The van der Waals surface area contributed by atoms with Gasteiger partial charge in [0.15, 0.2) is 0 Å². The van der Waals surface area contributed by atoms with Gasteiger partial charge in [-0.25, -0.2) is 0 Å². The molecule has 0 N–H and O–H groups in total. The molecular weight excluding hydrogens is 273 g/mol. The Bertz CT molecular complexity index is 496. The zero-order chi connectivity index (χ0) is 13.8. The first-order valence-electron chi connectivity index (χ1n) is 4.94. The number of hydrogen-bond donors (Lipinski definition) is 0. The smallest absolute Gasteiger partial charge is 0.494 e. The zero-order valence-corrected chi connectivity index (χ0v) is 10.2. The molecule has 4 nitrogen and oxygen atoms in total. The summed E-state index contributed by atoms with van der Waals surface area (Å²) in [5.41, 5.74) is -5.19. The van der Waals surface area contributed by atoms with Crippen LogP contribution < -0.4 is 4.74 Å². The highest BCUT2D eigenvalue weighted by Gasteiger charge is 2.47. The van der Waals surface area contributed by atoms with E-state index in [1.54, 1.807) is 19.1 Å². The van der Waals surface area contributed by atoms with E-state index >= 15 is 0 Å². The van der Waals surface area contributed by atoms with Gasteiger partial charge in [-0.15, -0.1) is 0 Å². The van der Waals surface area contributed by atoms with E-state index in [1.165, 1.54) is 12.1 Å². The highest BCUT2D eigenvalue weighted by molar-refractivity contribution is 7.87. The Morgan fingerprint density at radius 3 is 2.39 bits per heavy atom. The summed E-state index contributed by atoms with van der Waals surface area (Å²) in [6.07, 6.45) is 0. The molecule has 0 saturated carbocycles. The van der Waals surface area contributed by atoms with Crippen molar-refractivity contribution in [3.63, 3.8) is 0 Å². The molecular formula is C10H11F3O4S. The van der Waals surface area contributed by atoms with E-state index < -0.39 is 22.2 Å². The molecule has 0 aromatic heterocycles. The summed E-state index contributed by atoms with van der Waals surface area (Å²) in [5, 5.41) is 0. The summed E-state index contributed by atoms with van der Waals surface area (Å²) in [5.74, 6) is 0.289. The van der Waals surface area contributed by atoms with E-state index in [0.29, 0.717) is 6.61 Å². The van der Waals surface area contributed by atoms with E-state index in [-0.39, 0.29) is 11.3 Å². The van der Waals surface area contributed by atoms with Gasteiger partial charge in [-0.05, 0) is 13.0 Å². The van der Waals surface area contributed by atoms with Crippen molar-refractivity contribution in [1.29, 1.82) is 0 Å². The number of hydrogen-bond acceptors (Lipinski definition) is 4. The van der Waals surface area contributed by atoms with Crippen LogP contribution in [-0.2, 0) is 20.9 Å². The number of para-hydroxylation sites is 1. The molecule has 0 aliphatic rings. The van der Waals surface area contributed by atoms with Gasteiger partial charge in [0, 0.05) is 5.56 Å². The Morgan fingerprint density at radius 1 is 1.22 bits per heavy atom. The van der Waals surface area contributed by atoms with Crippen molar-refractivity contribution in [1.82, 2.24) is 0 Å². The maximum absolute atomic E-state index is 12.0. The van der Waals surface area contributed by atoms with Crippen LogP contribution in [0.5, 0.6) is 5.75 Å². The molecule has 0 aliphatic carbocycles. The Morgan fingerprint density at radius 2 is 1.83 bits per heavy atom. The zero-order valence-electron chi connectivity index (χ0n) is 9.40. The first-order valence-corrected chi connectivity index (χ1v) is 6.35. The van der Waals surface area contributed by atoms with Crippen molar-refractivity contribution >= 4 is 10.1 Å². The van der Waals surface area contributed by atoms with Gasteiger partial charge in [0.2, 0.25) is 0 Å². The van der Waals surface area contributed by atoms with Crippen molar-refractivity contribution in [2.45, 2.75) is 19.0 Å². The predicted octanol–water partition coefficient (Wildman–Crippen LogP) is 2.45. The van der Waals surface area contributed by atoms with E-state index in [9.17, 15) is 21.6 Å². The van der Waals surface area contributed by atoms with Crippen molar-refractivity contribution in [2.24, 2.45) is 0 Å². The van der Waals surface area contributed by atoms with Gasteiger partial charge in [0.1, 0.15) is 5.75 Å². The van der Waals surface area contributed by atoms with Crippen molar-refractivity contribution < 1.29 is 30.5 Å². The maximum atomic E-state index is 12.0. The van der Waals surface area contributed by atoms with E-state index in [1.807, 2.05) is 0 Å². The molecule has 0 heterocycles. The van der Waals surface area contributed by atoms with Crippen LogP contribution >= 0.6 is 0 Å². The van der Waals surface area contributed by atoms with Crippen molar-refractivity contribution in [2.75, 3.05) is 6.61 Å². The van der Waals surface area contributed by atoms with Gasteiger partial charge in [0.05, 0.1) is 13.2 Å². The molecule has 8 heteroatoms. The average molecular weight is 284 g/mol. The highest BCUT2D eigenvalue weighted by atomic mass is 32.2. The second kappa shape index (κ2) is 5.57. The fourth-order valence-corrected chi connectivity index (χ4v) is 1.54. The lowest BCUT2D eigenvalue weighted by Gasteiger charge is -2.11. The lowest BCUT2D eigenvalue weighted by molar-refractivity contribution is -0.0548. The topological polar surface area (TPSA) is 52.6 Å². The van der Waals surface area contributed by atoms with Gasteiger partial charge in [0.25, 0.3) is 0 Å². The quantitative estimate of drug-likeness (QED) is 0.615. The lowest BCUT2D eigenvalue weighted by Crippen LogP contribution is -2.25. The van der Waals surface area contributed by atoms with Gasteiger partial charge in [-0.3, -0.25) is 4.18 Å². The minimum atomic E-state index is -5.58.